The molecule has 170 valence electrons. The monoisotopic (exact) mass is 437 g/mol. The van der Waals surface area contributed by atoms with Crippen molar-refractivity contribution in [3.63, 3.8) is 0 Å². The van der Waals surface area contributed by atoms with Crippen LogP contribution < -0.4 is 0 Å². The smallest absolute Gasteiger partial charge is 0.338 e. The van der Waals surface area contributed by atoms with E-state index in [1.165, 1.54) is 21.1 Å². The molecule has 6 atom stereocenters. The van der Waals surface area contributed by atoms with Gasteiger partial charge in [0.15, 0.2) is 6.10 Å². The maximum atomic E-state index is 12.9. The number of ether oxygens (including phenoxy) is 5. The van der Waals surface area contributed by atoms with Gasteiger partial charge in [-0.3, -0.25) is 14.9 Å². The fourth-order valence-electron chi connectivity index (χ4n) is 4.30. The number of esters is 2. The highest BCUT2D eigenvalue weighted by molar-refractivity contribution is 5.80. The molecule has 0 spiro atoms. The largest absolute Gasteiger partial charge is 0.465 e. The summed E-state index contributed by atoms with van der Waals surface area (Å²) in [5, 5.41) is 11.4. The van der Waals surface area contributed by atoms with E-state index in [0.717, 1.165) is 0 Å². The van der Waals surface area contributed by atoms with E-state index in [-0.39, 0.29) is 13.0 Å². The molecule has 2 fully saturated rings. The lowest BCUT2D eigenvalue weighted by atomic mass is 9.72. The maximum Gasteiger partial charge on any atom is 0.338 e. The molecule has 0 unspecified atom stereocenters. The molecule has 0 aromatic heterocycles. The molecule has 2 aliphatic heterocycles. The number of hydrogen-bond acceptors (Lipinski definition) is 9. The van der Waals surface area contributed by atoms with Gasteiger partial charge in [0.25, 0.3) is 5.79 Å². The van der Waals surface area contributed by atoms with Gasteiger partial charge >= 0.3 is 11.9 Å². The van der Waals surface area contributed by atoms with Gasteiger partial charge in [-0.15, -0.1) is 0 Å². The summed E-state index contributed by atoms with van der Waals surface area (Å²) in [5.41, 5.74) is 0.605. The average molecular weight is 437 g/mol. The number of nitrogens with zero attached hydrogens (tertiary/aromatic N) is 1. The lowest BCUT2D eigenvalue weighted by Gasteiger charge is -2.50. The minimum atomic E-state index is -1.51. The molecule has 0 bridgehead atoms. The summed E-state index contributed by atoms with van der Waals surface area (Å²) in [7, 11) is 2.75. The third-order valence-corrected chi connectivity index (χ3v) is 6.31. The van der Waals surface area contributed by atoms with E-state index in [2.05, 4.69) is 0 Å². The van der Waals surface area contributed by atoms with Crippen molar-refractivity contribution in [3.8, 4) is 0 Å². The zero-order chi connectivity index (χ0) is 22.8. The first-order valence-corrected chi connectivity index (χ1v) is 10.00. The summed E-state index contributed by atoms with van der Waals surface area (Å²) < 4.78 is 27.7. The van der Waals surface area contributed by atoms with Crippen LogP contribution in [0.4, 0.5) is 0 Å². The molecule has 0 aliphatic carbocycles. The van der Waals surface area contributed by atoms with E-state index >= 15 is 0 Å². The molecule has 2 heterocycles. The molecule has 10 heteroatoms. The Morgan fingerprint density at radius 2 is 1.77 bits per heavy atom. The third kappa shape index (κ3) is 4.28. The van der Waals surface area contributed by atoms with Gasteiger partial charge in [-0.05, 0) is 18.9 Å². The number of cyclic esters (lactones) is 2. The molecule has 0 saturated carbocycles. The van der Waals surface area contributed by atoms with Gasteiger partial charge in [-0.1, -0.05) is 30.3 Å². The molecule has 10 nitrogen and oxygen atoms in total. The zero-order valence-electron chi connectivity index (χ0n) is 17.9. The SMILES string of the molecule is CO[C@@]1(C)OC(=O)[C@@H]([C@H]2CCOC(=O)[C@@H]2[C@H](C[N+](=O)[O-])c2ccccc2)O[C@]1(C)OC. The van der Waals surface area contributed by atoms with Gasteiger partial charge in [0, 0.05) is 32.0 Å². The van der Waals surface area contributed by atoms with Crippen molar-refractivity contribution in [2.24, 2.45) is 11.8 Å². The summed E-state index contributed by atoms with van der Waals surface area (Å²) in [6.45, 7) is 2.65. The van der Waals surface area contributed by atoms with Gasteiger partial charge in [-0.25, -0.2) is 4.79 Å². The normalized spacial score (nSPS) is 34.5. The van der Waals surface area contributed by atoms with Crippen molar-refractivity contribution in [3.05, 3.63) is 46.0 Å². The number of benzene rings is 1. The van der Waals surface area contributed by atoms with Gasteiger partial charge in [0.05, 0.1) is 18.4 Å². The fourth-order valence-corrected chi connectivity index (χ4v) is 4.30. The second-order valence-corrected chi connectivity index (χ2v) is 7.94. The van der Waals surface area contributed by atoms with E-state index in [0.29, 0.717) is 5.56 Å². The Labute approximate surface area is 179 Å². The number of hydrogen-bond donors (Lipinski definition) is 0. The quantitative estimate of drug-likeness (QED) is 0.357. The summed E-state index contributed by atoms with van der Waals surface area (Å²) in [6.07, 6.45) is -0.912. The summed E-state index contributed by atoms with van der Waals surface area (Å²) in [5.74, 6) is -6.81. The summed E-state index contributed by atoms with van der Waals surface area (Å²) in [4.78, 5) is 36.8. The van der Waals surface area contributed by atoms with Crippen molar-refractivity contribution in [1.82, 2.24) is 0 Å². The lowest BCUT2D eigenvalue weighted by Crippen LogP contribution is -2.66. The lowest BCUT2D eigenvalue weighted by molar-refractivity contribution is -0.485. The minimum Gasteiger partial charge on any atom is -0.465 e. The molecular weight excluding hydrogens is 410 g/mol. The molecule has 31 heavy (non-hydrogen) atoms. The Kier molecular flexibility index (Phi) is 6.63. The number of methoxy groups -OCH3 is 2. The van der Waals surface area contributed by atoms with Crippen LogP contribution >= 0.6 is 0 Å². The van der Waals surface area contributed by atoms with E-state index in [1.807, 2.05) is 0 Å². The highest BCUT2D eigenvalue weighted by atomic mass is 16.8. The zero-order valence-corrected chi connectivity index (χ0v) is 17.9. The van der Waals surface area contributed by atoms with Crippen LogP contribution in [0.25, 0.3) is 0 Å². The van der Waals surface area contributed by atoms with Crippen LogP contribution in [0.15, 0.2) is 30.3 Å². The Morgan fingerprint density at radius 1 is 1.13 bits per heavy atom. The molecule has 0 N–H and O–H groups in total. The van der Waals surface area contributed by atoms with Gasteiger partial charge in [-0.2, -0.15) is 0 Å². The Hall–Kier alpha value is -2.56. The van der Waals surface area contributed by atoms with Crippen LogP contribution in [-0.4, -0.2) is 61.9 Å². The van der Waals surface area contributed by atoms with E-state index < -0.39 is 58.8 Å². The van der Waals surface area contributed by atoms with E-state index in [9.17, 15) is 19.7 Å². The number of carbonyl (C=O) groups excluding carboxylic acids is 2. The molecule has 0 radical (unpaired) electrons. The average Bonchev–Trinajstić information content (AvgIpc) is 2.75. The maximum absolute atomic E-state index is 12.9. The van der Waals surface area contributed by atoms with Crippen LogP contribution in [0.5, 0.6) is 0 Å². The van der Waals surface area contributed by atoms with Crippen molar-refractivity contribution < 1.29 is 38.2 Å². The van der Waals surface area contributed by atoms with Gasteiger partial charge in [0.2, 0.25) is 12.3 Å². The first kappa shape index (κ1) is 23.1. The fraction of sp³-hybridized carbons (Fsp3) is 0.619. The Balaban J connectivity index is 2.00. The predicted octanol–water partition coefficient (Wildman–Crippen LogP) is 1.89. The van der Waals surface area contributed by atoms with Crippen LogP contribution in [0.2, 0.25) is 0 Å². The van der Waals surface area contributed by atoms with Crippen LogP contribution in [-0.2, 0) is 33.3 Å². The minimum absolute atomic E-state index is 0.0678. The standard InChI is InChI=1S/C21H27NO9/c1-20(27-3)21(2,28-4)31-19(24)17(30-20)14-10-11-29-18(23)16(14)15(12-22(25)26)13-8-6-5-7-9-13/h5-9,14-17H,10-12H2,1-4H3/t14-,15+,16-,17+,20-,21-/m0/s1. The molecule has 3 rings (SSSR count). The summed E-state index contributed by atoms with van der Waals surface area (Å²) >= 11 is 0. The number of nitro groups is 1. The van der Waals surface area contributed by atoms with E-state index in [1.54, 1.807) is 37.3 Å². The first-order valence-electron chi connectivity index (χ1n) is 10.00. The second kappa shape index (κ2) is 8.89. The molecular formula is C21H27NO9. The molecule has 1 aromatic rings. The van der Waals surface area contributed by atoms with Crippen molar-refractivity contribution >= 4 is 11.9 Å². The van der Waals surface area contributed by atoms with Crippen molar-refractivity contribution in [2.75, 3.05) is 27.4 Å². The molecule has 1 aromatic carbocycles. The Morgan fingerprint density at radius 3 is 2.35 bits per heavy atom. The predicted molar refractivity (Wildman–Crippen MR) is 105 cm³/mol. The van der Waals surface area contributed by atoms with Gasteiger partial charge in [0.1, 0.15) is 0 Å². The van der Waals surface area contributed by atoms with Crippen molar-refractivity contribution in [1.29, 1.82) is 0 Å². The molecule has 2 saturated heterocycles. The van der Waals surface area contributed by atoms with Crippen LogP contribution in [0.1, 0.15) is 31.7 Å². The number of carbonyl (C=O) groups is 2. The summed E-state index contributed by atoms with van der Waals surface area (Å²) in [6, 6.07) is 8.69. The third-order valence-electron chi connectivity index (χ3n) is 6.31. The Bertz CT molecular complexity index is 831. The first-order chi connectivity index (χ1) is 14.7. The highest BCUT2D eigenvalue weighted by Crippen LogP contribution is 2.44. The molecule has 2 aliphatic rings. The van der Waals surface area contributed by atoms with Crippen molar-refractivity contribution in [2.45, 2.75) is 43.9 Å². The highest BCUT2D eigenvalue weighted by Gasteiger charge is 2.61. The van der Waals surface area contributed by atoms with Gasteiger partial charge < -0.3 is 23.7 Å². The molecule has 0 amide bonds. The van der Waals surface area contributed by atoms with E-state index in [4.69, 9.17) is 23.7 Å². The second-order valence-electron chi connectivity index (χ2n) is 7.94. The topological polar surface area (TPSA) is 123 Å². The van der Waals surface area contributed by atoms with Crippen LogP contribution in [0, 0.1) is 22.0 Å². The van der Waals surface area contributed by atoms with Crippen LogP contribution in [0.3, 0.4) is 0 Å². The number of rotatable bonds is 7.